The van der Waals surface area contributed by atoms with Gasteiger partial charge in [-0.3, -0.25) is 4.79 Å². The molecule has 2 nitrogen and oxygen atoms in total. The van der Waals surface area contributed by atoms with Crippen molar-refractivity contribution in [1.29, 1.82) is 0 Å². The number of hydrogen-bond donors (Lipinski definition) is 1. The summed E-state index contributed by atoms with van der Waals surface area (Å²) in [5, 5.41) is 8.79. The molecule has 1 saturated heterocycles. The quantitative estimate of drug-likeness (QED) is 0.789. The van der Waals surface area contributed by atoms with Gasteiger partial charge in [0.25, 0.3) is 0 Å². The smallest absolute Gasteiger partial charge is 0.303 e. The Hall–Kier alpha value is -0.180. The molecular formula is C12H20O2S. The first kappa shape index (κ1) is 11.3. The number of carbonyl (C=O) groups is 1. The predicted molar refractivity (Wildman–Crippen MR) is 63.2 cm³/mol. The van der Waals surface area contributed by atoms with Crippen molar-refractivity contribution < 1.29 is 9.90 Å². The normalized spacial score (nSPS) is 40.9. The van der Waals surface area contributed by atoms with Crippen molar-refractivity contribution in [1.82, 2.24) is 0 Å². The van der Waals surface area contributed by atoms with Crippen LogP contribution in [0.15, 0.2) is 0 Å². The zero-order valence-corrected chi connectivity index (χ0v) is 10.2. The van der Waals surface area contributed by atoms with E-state index in [1.54, 1.807) is 0 Å². The Bertz CT molecular complexity index is 244. The van der Waals surface area contributed by atoms with E-state index in [1.807, 2.05) is 0 Å². The van der Waals surface area contributed by atoms with E-state index in [2.05, 4.69) is 18.7 Å². The maximum atomic E-state index is 10.7. The van der Waals surface area contributed by atoms with Gasteiger partial charge in [-0.2, -0.15) is 11.8 Å². The van der Waals surface area contributed by atoms with E-state index in [0.29, 0.717) is 17.1 Å². The van der Waals surface area contributed by atoms with E-state index in [-0.39, 0.29) is 0 Å². The van der Waals surface area contributed by atoms with Gasteiger partial charge in [0, 0.05) is 11.2 Å². The van der Waals surface area contributed by atoms with Crippen molar-refractivity contribution in [2.45, 2.75) is 50.2 Å². The average molecular weight is 228 g/mol. The van der Waals surface area contributed by atoms with Crippen LogP contribution in [0.4, 0.5) is 0 Å². The number of aliphatic carboxylic acids is 1. The van der Waals surface area contributed by atoms with Gasteiger partial charge in [0.2, 0.25) is 0 Å². The molecule has 1 spiro atoms. The lowest BCUT2D eigenvalue weighted by Gasteiger charge is -2.35. The summed E-state index contributed by atoms with van der Waals surface area (Å²) in [6.45, 7) is 2.33. The fraction of sp³-hybridized carbons (Fsp3) is 0.917. The highest BCUT2D eigenvalue weighted by atomic mass is 32.2. The fourth-order valence-electron chi connectivity index (χ4n) is 2.95. The molecule has 1 N–H and O–H groups in total. The Morgan fingerprint density at radius 3 is 2.73 bits per heavy atom. The Labute approximate surface area is 95.8 Å². The highest BCUT2D eigenvalue weighted by Crippen LogP contribution is 2.52. The monoisotopic (exact) mass is 228 g/mol. The second-order valence-electron chi connectivity index (χ2n) is 5.34. The van der Waals surface area contributed by atoms with Crippen molar-refractivity contribution >= 4 is 17.7 Å². The van der Waals surface area contributed by atoms with Crippen molar-refractivity contribution in [3.05, 3.63) is 0 Å². The molecule has 86 valence electrons. The highest BCUT2D eigenvalue weighted by Gasteiger charge is 2.42. The summed E-state index contributed by atoms with van der Waals surface area (Å²) in [6, 6.07) is 0. The summed E-state index contributed by atoms with van der Waals surface area (Å²) in [5.74, 6) is 1.76. The van der Waals surface area contributed by atoms with E-state index in [1.165, 1.54) is 25.7 Å². The van der Waals surface area contributed by atoms with Gasteiger partial charge in [-0.05, 0) is 49.7 Å². The average Bonchev–Trinajstić information content (AvgIpc) is 2.54. The van der Waals surface area contributed by atoms with Gasteiger partial charge in [0.1, 0.15) is 0 Å². The second kappa shape index (κ2) is 4.36. The summed E-state index contributed by atoms with van der Waals surface area (Å²) in [4.78, 5) is 10.7. The Morgan fingerprint density at radius 1 is 1.47 bits per heavy atom. The van der Waals surface area contributed by atoms with Crippen LogP contribution in [0.1, 0.15) is 45.4 Å². The standard InChI is InChI=1S/C12H20O2S/c1-9-2-4-12(5-3-9)7-10(8-15-12)6-11(13)14/h9-10H,2-8H2,1H3,(H,13,14). The third-order valence-electron chi connectivity index (χ3n) is 3.93. The van der Waals surface area contributed by atoms with Gasteiger partial charge >= 0.3 is 5.97 Å². The minimum atomic E-state index is -0.623. The molecule has 1 unspecified atom stereocenters. The number of carboxylic acid groups (broad SMARTS) is 1. The zero-order valence-electron chi connectivity index (χ0n) is 9.37. The Kier molecular flexibility index (Phi) is 3.29. The maximum Gasteiger partial charge on any atom is 0.303 e. The maximum absolute atomic E-state index is 10.7. The number of rotatable bonds is 2. The summed E-state index contributed by atoms with van der Waals surface area (Å²) < 4.78 is 0.465. The topological polar surface area (TPSA) is 37.3 Å². The third kappa shape index (κ3) is 2.68. The molecule has 1 aliphatic carbocycles. The molecule has 3 heteroatoms. The van der Waals surface area contributed by atoms with Crippen LogP contribution in [0, 0.1) is 11.8 Å². The Balaban J connectivity index is 1.88. The van der Waals surface area contributed by atoms with Crippen LogP contribution >= 0.6 is 11.8 Å². The zero-order chi connectivity index (χ0) is 10.9. The van der Waals surface area contributed by atoms with Crippen LogP contribution in [-0.2, 0) is 4.79 Å². The molecule has 1 aliphatic heterocycles. The van der Waals surface area contributed by atoms with E-state index < -0.39 is 5.97 Å². The predicted octanol–water partition coefficient (Wildman–Crippen LogP) is 3.16. The summed E-state index contributed by atoms with van der Waals surface area (Å²) in [5.41, 5.74) is 0. The van der Waals surface area contributed by atoms with E-state index in [4.69, 9.17) is 5.11 Å². The summed E-state index contributed by atoms with van der Waals surface area (Å²) in [6.07, 6.45) is 6.84. The van der Waals surface area contributed by atoms with Crippen LogP contribution in [0.5, 0.6) is 0 Å². The van der Waals surface area contributed by atoms with Gasteiger partial charge in [-0.15, -0.1) is 0 Å². The Morgan fingerprint density at radius 2 is 2.13 bits per heavy atom. The number of carboxylic acids is 1. The molecule has 1 heterocycles. The van der Waals surface area contributed by atoms with Crippen molar-refractivity contribution in [2.24, 2.45) is 11.8 Å². The number of thioether (sulfide) groups is 1. The molecule has 0 aromatic carbocycles. The molecule has 0 aromatic heterocycles. The molecule has 2 aliphatic rings. The SMILES string of the molecule is CC1CCC2(CC1)CC(CC(=O)O)CS2. The first-order chi connectivity index (χ1) is 7.10. The molecule has 0 amide bonds. The first-order valence-corrected chi connectivity index (χ1v) is 6.94. The molecule has 0 bridgehead atoms. The molecule has 15 heavy (non-hydrogen) atoms. The van der Waals surface area contributed by atoms with Crippen molar-refractivity contribution in [3.8, 4) is 0 Å². The van der Waals surface area contributed by atoms with Gasteiger partial charge < -0.3 is 5.11 Å². The molecule has 0 aromatic rings. The fourth-order valence-corrected chi connectivity index (χ4v) is 4.66. The van der Waals surface area contributed by atoms with E-state index in [0.717, 1.165) is 18.1 Å². The van der Waals surface area contributed by atoms with Gasteiger partial charge in [0.15, 0.2) is 0 Å². The lowest BCUT2D eigenvalue weighted by Crippen LogP contribution is -2.28. The van der Waals surface area contributed by atoms with E-state index >= 15 is 0 Å². The number of hydrogen-bond acceptors (Lipinski definition) is 2. The molecular weight excluding hydrogens is 208 g/mol. The molecule has 0 radical (unpaired) electrons. The van der Waals surface area contributed by atoms with Gasteiger partial charge in [0.05, 0.1) is 0 Å². The summed E-state index contributed by atoms with van der Waals surface area (Å²) in [7, 11) is 0. The lowest BCUT2D eigenvalue weighted by molar-refractivity contribution is -0.137. The lowest BCUT2D eigenvalue weighted by atomic mass is 9.78. The van der Waals surface area contributed by atoms with Gasteiger partial charge in [-0.1, -0.05) is 6.92 Å². The molecule has 1 atom stereocenters. The molecule has 2 rings (SSSR count). The van der Waals surface area contributed by atoms with Gasteiger partial charge in [-0.25, -0.2) is 0 Å². The van der Waals surface area contributed by atoms with Crippen LogP contribution < -0.4 is 0 Å². The highest BCUT2D eigenvalue weighted by molar-refractivity contribution is 8.00. The van der Waals surface area contributed by atoms with Crippen LogP contribution in [0.25, 0.3) is 0 Å². The molecule has 2 fully saturated rings. The van der Waals surface area contributed by atoms with Crippen LogP contribution in [0.2, 0.25) is 0 Å². The van der Waals surface area contributed by atoms with Crippen LogP contribution in [0.3, 0.4) is 0 Å². The third-order valence-corrected chi connectivity index (χ3v) is 5.76. The summed E-state index contributed by atoms with van der Waals surface area (Å²) >= 11 is 2.05. The largest absolute Gasteiger partial charge is 0.481 e. The van der Waals surface area contributed by atoms with E-state index in [9.17, 15) is 4.79 Å². The van der Waals surface area contributed by atoms with Crippen molar-refractivity contribution in [2.75, 3.05) is 5.75 Å². The minimum Gasteiger partial charge on any atom is -0.481 e. The second-order valence-corrected chi connectivity index (χ2v) is 6.83. The van der Waals surface area contributed by atoms with Crippen molar-refractivity contribution in [3.63, 3.8) is 0 Å². The minimum absolute atomic E-state index is 0.379. The first-order valence-electron chi connectivity index (χ1n) is 5.95. The molecule has 1 saturated carbocycles. The van der Waals surface area contributed by atoms with Crippen LogP contribution in [-0.4, -0.2) is 21.6 Å².